The summed E-state index contributed by atoms with van der Waals surface area (Å²) in [5, 5.41) is 6.58. The lowest BCUT2D eigenvalue weighted by atomic mass is 9.97. The van der Waals surface area contributed by atoms with Crippen LogP contribution in [0.15, 0.2) is 4.99 Å². The standard InChI is InChI=1S/C11H23N3O/c1-4-11(5-2,15-3)9-14-10-12-7-6-8-13-10/h4-9H2,1-3H3,(H2,12,13,14). The lowest BCUT2D eigenvalue weighted by molar-refractivity contribution is -0.0125. The number of rotatable bonds is 5. The fraction of sp³-hybridized carbons (Fsp3) is 0.909. The van der Waals surface area contributed by atoms with Crippen LogP contribution in [0.5, 0.6) is 0 Å². The van der Waals surface area contributed by atoms with Gasteiger partial charge >= 0.3 is 0 Å². The molecule has 0 aromatic heterocycles. The Hall–Kier alpha value is -0.770. The summed E-state index contributed by atoms with van der Waals surface area (Å²) >= 11 is 0. The van der Waals surface area contributed by atoms with E-state index < -0.39 is 0 Å². The Kier molecular flexibility index (Phi) is 4.88. The van der Waals surface area contributed by atoms with Gasteiger partial charge in [-0.15, -0.1) is 0 Å². The fourth-order valence-electron chi connectivity index (χ4n) is 1.76. The van der Waals surface area contributed by atoms with Gasteiger partial charge in [0.05, 0.1) is 5.60 Å². The predicted molar refractivity (Wildman–Crippen MR) is 63.2 cm³/mol. The van der Waals surface area contributed by atoms with Crippen molar-refractivity contribution in [2.45, 2.75) is 38.7 Å². The molecule has 4 nitrogen and oxygen atoms in total. The maximum atomic E-state index is 5.58. The molecule has 1 heterocycles. The second-order valence-electron chi connectivity index (χ2n) is 3.96. The Labute approximate surface area is 92.5 Å². The van der Waals surface area contributed by atoms with E-state index in [2.05, 4.69) is 29.5 Å². The first-order valence-corrected chi connectivity index (χ1v) is 5.83. The van der Waals surface area contributed by atoms with Crippen LogP contribution in [0, 0.1) is 0 Å². The minimum atomic E-state index is -0.0539. The Morgan fingerprint density at radius 1 is 1.47 bits per heavy atom. The highest BCUT2D eigenvalue weighted by molar-refractivity contribution is 5.80. The smallest absolute Gasteiger partial charge is 0.191 e. The van der Waals surface area contributed by atoms with Gasteiger partial charge in [0.25, 0.3) is 0 Å². The SMILES string of the molecule is CCC(CC)(CNC1=NCCCN1)OC. The zero-order valence-corrected chi connectivity index (χ0v) is 10.1. The van der Waals surface area contributed by atoms with Crippen molar-refractivity contribution in [1.82, 2.24) is 10.6 Å². The molecule has 4 heteroatoms. The van der Waals surface area contributed by atoms with Crippen LogP contribution in [0.3, 0.4) is 0 Å². The third-order valence-electron chi connectivity index (χ3n) is 3.20. The predicted octanol–water partition coefficient (Wildman–Crippen LogP) is 1.13. The van der Waals surface area contributed by atoms with E-state index in [1.807, 2.05) is 0 Å². The summed E-state index contributed by atoms with van der Waals surface area (Å²) in [4.78, 5) is 4.37. The lowest BCUT2D eigenvalue weighted by Gasteiger charge is -2.31. The number of nitrogens with one attached hydrogen (secondary N) is 2. The van der Waals surface area contributed by atoms with Crippen LogP contribution in [0.25, 0.3) is 0 Å². The number of ether oxygens (including phenoxy) is 1. The molecule has 0 amide bonds. The maximum Gasteiger partial charge on any atom is 0.191 e. The molecule has 2 N–H and O–H groups in total. The summed E-state index contributed by atoms with van der Waals surface area (Å²) in [7, 11) is 1.78. The van der Waals surface area contributed by atoms with Gasteiger partial charge in [-0.05, 0) is 19.3 Å². The topological polar surface area (TPSA) is 45.7 Å². The molecule has 0 aromatic carbocycles. The van der Waals surface area contributed by atoms with Crippen LogP contribution in [0.4, 0.5) is 0 Å². The molecule has 0 unspecified atom stereocenters. The number of aliphatic imine (C=N–C) groups is 1. The van der Waals surface area contributed by atoms with Gasteiger partial charge in [0.15, 0.2) is 5.96 Å². The van der Waals surface area contributed by atoms with Gasteiger partial charge in [-0.25, -0.2) is 0 Å². The summed E-state index contributed by atoms with van der Waals surface area (Å²) in [5.74, 6) is 0.921. The number of hydrogen-bond acceptors (Lipinski definition) is 4. The van der Waals surface area contributed by atoms with E-state index in [1.54, 1.807) is 7.11 Å². The first-order chi connectivity index (χ1) is 7.26. The van der Waals surface area contributed by atoms with E-state index in [0.717, 1.165) is 44.9 Å². The fourth-order valence-corrected chi connectivity index (χ4v) is 1.76. The zero-order chi connectivity index (χ0) is 11.1. The van der Waals surface area contributed by atoms with E-state index in [4.69, 9.17) is 4.74 Å². The number of methoxy groups -OCH3 is 1. The Bertz CT molecular complexity index is 204. The van der Waals surface area contributed by atoms with Crippen LogP contribution >= 0.6 is 0 Å². The van der Waals surface area contributed by atoms with Crippen molar-refractivity contribution in [3.8, 4) is 0 Å². The van der Waals surface area contributed by atoms with Crippen LogP contribution < -0.4 is 10.6 Å². The van der Waals surface area contributed by atoms with E-state index in [-0.39, 0.29) is 5.60 Å². The van der Waals surface area contributed by atoms with Crippen molar-refractivity contribution in [3.05, 3.63) is 0 Å². The molecule has 0 spiro atoms. The summed E-state index contributed by atoms with van der Waals surface area (Å²) < 4.78 is 5.58. The van der Waals surface area contributed by atoms with Crippen molar-refractivity contribution in [3.63, 3.8) is 0 Å². The third-order valence-corrected chi connectivity index (χ3v) is 3.20. The lowest BCUT2D eigenvalue weighted by Crippen LogP contribution is -2.49. The second kappa shape index (κ2) is 5.95. The van der Waals surface area contributed by atoms with Crippen LogP contribution in [0.2, 0.25) is 0 Å². The average molecular weight is 213 g/mol. The molecule has 1 rings (SSSR count). The van der Waals surface area contributed by atoms with Crippen molar-refractivity contribution < 1.29 is 4.74 Å². The quantitative estimate of drug-likeness (QED) is 0.719. The van der Waals surface area contributed by atoms with E-state index in [0.29, 0.717) is 0 Å². The number of nitrogens with zero attached hydrogens (tertiary/aromatic N) is 1. The van der Waals surface area contributed by atoms with Gasteiger partial charge in [0, 0.05) is 26.7 Å². The first kappa shape index (κ1) is 12.3. The summed E-state index contributed by atoms with van der Waals surface area (Å²) in [5.41, 5.74) is -0.0539. The monoisotopic (exact) mass is 213 g/mol. The van der Waals surface area contributed by atoms with Gasteiger partial charge < -0.3 is 15.4 Å². The molecule has 0 aromatic rings. The molecule has 1 aliphatic rings. The highest BCUT2D eigenvalue weighted by Crippen LogP contribution is 2.18. The van der Waals surface area contributed by atoms with Crippen molar-refractivity contribution in [2.24, 2.45) is 4.99 Å². The van der Waals surface area contributed by atoms with Gasteiger partial charge in [-0.3, -0.25) is 4.99 Å². The molecular weight excluding hydrogens is 190 g/mol. The van der Waals surface area contributed by atoms with E-state index >= 15 is 0 Å². The largest absolute Gasteiger partial charge is 0.376 e. The molecule has 88 valence electrons. The number of guanidine groups is 1. The van der Waals surface area contributed by atoms with Crippen molar-refractivity contribution in [2.75, 3.05) is 26.7 Å². The average Bonchev–Trinajstić information content (AvgIpc) is 2.33. The maximum absolute atomic E-state index is 5.58. The molecule has 0 atom stereocenters. The van der Waals surface area contributed by atoms with Crippen molar-refractivity contribution in [1.29, 1.82) is 0 Å². The normalized spacial score (nSPS) is 16.9. The summed E-state index contributed by atoms with van der Waals surface area (Å²) in [6.45, 7) is 7.08. The molecule has 1 aliphatic heterocycles. The molecule has 0 saturated heterocycles. The van der Waals surface area contributed by atoms with Crippen LogP contribution in [-0.2, 0) is 4.74 Å². The van der Waals surface area contributed by atoms with Gasteiger partial charge in [-0.2, -0.15) is 0 Å². The summed E-state index contributed by atoms with van der Waals surface area (Å²) in [6.07, 6.45) is 3.16. The van der Waals surface area contributed by atoms with Crippen LogP contribution in [-0.4, -0.2) is 38.3 Å². The van der Waals surface area contributed by atoms with E-state index in [9.17, 15) is 0 Å². The molecule has 0 fully saturated rings. The minimum absolute atomic E-state index is 0.0539. The minimum Gasteiger partial charge on any atom is -0.376 e. The Morgan fingerprint density at radius 2 is 2.20 bits per heavy atom. The third kappa shape index (κ3) is 3.38. The molecule has 0 radical (unpaired) electrons. The molecule has 0 aliphatic carbocycles. The first-order valence-electron chi connectivity index (χ1n) is 5.83. The molecule has 0 saturated carbocycles. The van der Waals surface area contributed by atoms with Crippen LogP contribution in [0.1, 0.15) is 33.1 Å². The van der Waals surface area contributed by atoms with Gasteiger partial charge in [0.2, 0.25) is 0 Å². The highest BCUT2D eigenvalue weighted by atomic mass is 16.5. The molecule has 15 heavy (non-hydrogen) atoms. The Balaban J connectivity index is 2.42. The Morgan fingerprint density at radius 3 is 2.67 bits per heavy atom. The van der Waals surface area contributed by atoms with Gasteiger partial charge in [0.1, 0.15) is 0 Å². The highest BCUT2D eigenvalue weighted by Gasteiger charge is 2.25. The van der Waals surface area contributed by atoms with E-state index in [1.165, 1.54) is 0 Å². The zero-order valence-electron chi connectivity index (χ0n) is 10.1. The molecular formula is C11H23N3O. The molecule has 0 bridgehead atoms. The summed E-state index contributed by atoms with van der Waals surface area (Å²) in [6, 6.07) is 0. The van der Waals surface area contributed by atoms with Gasteiger partial charge in [-0.1, -0.05) is 13.8 Å². The number of hydrogen-bond donors (Lipinski definition) is 2. The van der Waals surface area contributed by atoms with Crippen molar-refractivity contribution >= 4 is 5.96 Å². The second-order valence-corrected chi connectivity index (χ2v) is 3.96.